The molecule has 2 amide bonds. The van der Waals surface area contributed by atoms with Crippen molar-refractivity contribution in [3.05, 3.63) is 36.9 Å². The standard InChI is InChI=1S/C27H34BrN5O6/c1-5-11-31(14-32-18-10-8-7-9-17(18)29-30-32)25(36)23-27-12-16(28)22(39-27)20(26(37)38-6-2)21(27)24(35)33(23)19(13-34)15(3)4/h5,7-10,15-16,19-23,34H,1,6,11-14H2,2-4H3/t16?,19-,20+,21-,22+,23?,27?/m0/s1. The van der Waals surface area contributed by atoms with E-state index < -0.39 is 41.6 Å². The van der Waals surface area contributed by atoms with E-state index in [-0.39, 0.29) is 49.0 Å². The largest absolute Gasteiger partial charge is 0.466 e. The van der Waals surface area contributed by atoms with Crippen LogP contribution in [-0.4, -0.2) is 96.1 Å². The Morgan fingerprint density at radius 1 is 1.38 bits per heavy atom. The summed E-state index contributed by atoms with van der Waals surface area (Å²) in [5.41, 5.74) is 0.194. The quantitative estimate of drug-likeness (QED) is 0.247. The van der Waals surface area contributed by atoms with Crippen LogP contribution >= 0.6 is 15.9 Å². The summed E-state index contributed by atoms with van der Waals surface area (Å²) in [4.78, 5) is 44.7. The van der Waals surface area contributed by atoms with Crippen LogP contribution in [-0.2, 0) is 30.5 Å². The molecule has 2 bridgehead atoms. The molecule has 2 aromatic rings. The lowest BCUT2D eigenvalue weighted by Gasteiger charge is -2.40. The van der Waals surface area contributed by atoms with Crippen LogP contribution in [0.1, 0.15) is 27.2 Å². The molecule has 3 aliphatic rings. The summed E-state index contributed by atoms with van der Waals surface area (Å²) in [6.07, 6.45) is 1.37. The van der Waals surface area contributed by atoms with Gasteiger partial charge in [-0.1, -0.05) is 53.2 Å². The first-order chi connectivity index (χ1) is 18.7. The van der Waals surface area contributed by atoms with Gasteiger partial charge in [-0.15, -0.1) is 11.7 Å². The number of ether oxygens (including phenoxy) is 2. The number of likely N-dealkylation sites (tertiary alicyclic amines) is 1. The van der Waals surface area contributed by atoms with Gasteiger partial charge in [-0.2, -0.15) is 0 Å². The smallest absolute Gasteiger partial charge is 0.312 e. The third kappa shape index (κ3) is 4.27. The van der Waals surface area contributed by atoms with Gasteiger partial charge >= 0.3 is 5.97 Å². The number of alkyl halides is 1. The third-order valence-electron chi connectivity index (χ3n) is 8.22. The highest BCUT2D eigenvalue weighted by atomic mass is 79.9. The second kappa shape index (κ2) is 10.6. The van der Waals surface area contributed by atoms with Crippen molar-refractivity contribution in [1.82, 2.24) is 24.8 Å². The Morgan fingerprint density at radius 3 is 2.79 bits per heavy atom. The van der Waals surface area contributed by atoms with Crippen molar-refractivity contribution in [3.63, 3.8) is 0 Å². The molecule has 0 saturated carbocycles. The number of carbonyl (C=O) groups excluding carboxylic acids is 3. The summed E-state index contributed by atoms with van der Waals surface area (Å²) in [5.74, 6) is -3.15. The SMILES string of the molecule is C=CCN(Cn1nnc2ccccc21)C(=O)C1N([C@@H](CO)C(C)C)C(=O)[C@@H]2[C@@H](C(=O)OCC)[C@@H]3OC12CC3Br. The Hall–Kier alpha value is -2.83. The Bertz CT molecular complexity index is 1280. The van der Waals surface area contributed by atoms with E-state index in [2.05, 4.69) is 32.8 Å². The minimum Gasteiger partial charge on any atom is -0.466 e. The average Bonchev–Trinajstić information content (AvgIpc) is 3.62. The van der Waals surface area contributed by atoms with Gasteiger partial charge in [0.05, 0.1) is 42.7 Å². The molecule has 1 N–H and O–H groups in total. The molecule has 0 aliphatic carbocycles. The number of fused-ring (bicyclic) bond motifs is 2. The van der Waals surface area contributed by atoms with Crippen molar-refractivity contribution < 1.29 is 29.0 Å². The van der Waals surface area contributed by atoms with Gasteiger partial charge in [0.1, 0.15) is 23.8 Å². The van der Waals surface area contributed by atoms with Gasteiger partial charge in [-0.05, 0) is 31.4 Å². The van der Waals surface area contributed by atoms with Crippen molar-refractivity contribution in [3.8, 4) is 0 Å². The van der Waals surface area contributed by atoms with Crippen molar-refractivity contribution >= 4 is 44.7 Å². The van der Waals surface area contributed by atoms with Crippen LogP contribution in [0.3, 0.4) is 0 Å². The van der Waals surface area contributed by atoms with E-state index in [1.165, 1.54) is 4.90 Å². The maximum atomic E-state index is 14.6. The van der Waals surface area contributed by atoms with Crippen LogP contribution in [0, 0.1) is 17.8 Å². The molecule has 0 radical (unpaired) electrons. The van der Waals surface area contributed by atoms with E-state index in [4.69, 9.17) is 9.47 Å². The van der Waals surface area contributed by atoms with Crippen molar-refractivity contribution in [1.29, 1.82) is 0 Å². The number of para-hydroxylation sites is 1. The van der Waals surface area contributed by atoms with Crippen LogP contribution in [0.2, 0.25) is 0 Å². The molecule has 3 fully saturated rings. The van der Waals surface area contributed by atoms with Crippen molar-refractivity contribution in [2.45, 2.75) is 62.5 Å². The molecule has 210 valence electrons. The zero-order valence-electron chi connectivity index (χ0n) is 22.3. The highest BCUT2D eigenvalue weighted by Gasteiger charge is 2.77. The van der Waals surface area contributed by atoms with Crippen LogP contribution in [0.4, 0.5) is 0 Å². The first-order valence-electron chi connectivity index (χ1n) is 13.3. The second-order valence-electron chi connectivity index (χ2n) is 10.7. The van der Waals surface area contributed by atoms with Gasteiger partial charge in [0.2, 0.25) is 11.8 Å². The van der Waals surface area contributed by atoms with Crippen molar-refractivity contribution in [2.24, 2.45) is 17.8 Å². The van der Waals surface area contributed by atoms with Gasteiger partial charge in [0.25, 0.3) is 0 Å². The number of halogens is 1. The van der Waals surface area contributed by atoms with Crippen LogP contribution < -0.4 is 0 Å². The normalized spacial score (nSPS) is 30.2. The van der Waals surface area contributed by atoms with Gasteiger partial charge in [-0.3, -0.25) is 14.4 Å². The number of amides is 2. The fourth-order valence-electron chi connectivity index (χ4n) is 6.56. The summed E-state index contributed by atoms with van der Waals surface area (Å²) in [7, 11) is 0. The van der Waals surface area contributed by atoms with E-state index in [1.807, 2.05) is 38.1 Å². The van der Waals surface area contributed by atoms with Gasteiger partial charge in [-0.25, -0.2) is 4.68 Å². The fourth-order valence-corrected chi connectivity index (χ4v) is 7.50. The van der Waals surface area contributed by atoms with Crippen LogP contribution in [0.5, 0.6) is 0 Å². The van der Waals surface area contributed by atoms with E-state index in [9.17, 15) is 19.5 Å². The maximum Gasteiger partial charge on any atom is 0.312 e. The summed E-state index contributed by atoms with van der Waals surface area (Å²) >= 11 is 3.65. The predicted molar refractivity (Wildman–Crippen MR) is 144 cm³/mol. The van der Waals surface area contributed by atoms with E-state index in [0.717, 1.165) is 5.52 Å². The number of aromatic nitrogens is 3. The number of benzene rings is 1. The highest BCUT2D eigenvalue weighted by molar-refractivity contribution is 9.09. The van der Waals surface area contributed by atoms with Gasteiger partial charge in [0, 0.05) is 11.4 Å². The predicted octanol–water partition coefficient (Wildman–Crippen LogP) is 1.73. The highest BCUT2D eigenvalue weighted by Crippen LogP contribution is 2.61. The molecular weight excluding hydrogens is 570 g/mol. The minimum absolute atomic E-state index is 0.0680. The lowest BCUT2D eigenvalue weighted by Crippen LogP contribution is -2.60. The Morgan fingerprint density at radius 2 is 2.13 bits per heavy atom. The van der Waals surface area contributed by atoms with Crippen LogP contribution in [0.15, 0.2) is 36.9 Å². The molecule has 3 aliphatic heterocycles. The zero-order valence-corrected chi connectivity index (χ0v) is 23.9. The summed E-state index contributed by atoms with van der Waals surface area (Å²) < 4.78 is 13.5. The summed E-state index contributed by atoms with van der Waals surface area (Å²) in [6, 6.07) is 5.73. The maximum absolute atomic E-state index is 14.6. The summed E-state index contributed by atoms with van der Waals surface area (Å²) in [6.45, 7) is 9.40. The van der Waals surface area contributed by atoms with E-state index in [1.54, 1.807) is 22.6 Å². The number of aliphatic hydroxyl groups is 1. The Labute approximate surface area is 235 Å². The third-order valence-corrected chi connectivity index (χ3v) is 9.06. The Balaban J connectivity index is 1.59. The molecule has 7 atom stereocenters. The minimum atomic E-state index is -1.25. The zero-order chi connectivity index (χ0) is 28.1. The number of hydrogen-bond acceptors (Lipinski definition) is 8. The fraction of sp³-hybridized carbons (Fsp3) is 0.593. The molecule has 1 spiro atoms. The van der Waals surface area contributed by atoms with E-state index >= 15 is 0 Å². The number of rotatable bonds is 10. The van der Waals surface area contributed by atoms with Crippen LogP contribution in [0.25, 0.3) is 11.0 Å². The van der Waals surface area contributed by atoms with E-state index in [0.29, 0.717) is 11.9 Å². The summed E-state index contributed by atoms with van der Waals surface area (Å²) in [5, 5.41) is 18.8. The molecule has 1 aromatic heterocycles. The number of aliphatic hydroxyl groups excluding tert-OH is 1. The molecular formula is C27H34BrN5O6. The number of hydrogen-bond donors (Lipinski definition) is 1. The first-order valence-corrected chi connectivity index (χ1v) is 14.2. The molecule has 1 aromatic carbocycles. The average molecular weight is 605 g/mol. The van der Waals surface area contributed by atoms with Gasteiger partial charge in [0.15, 0.2) is 0 Å². The topological polar surface area (TPSA) is 127 Å². The Kier molecular flexibility index (Phi) is 7.55. The monoisotopic (exact) mass is 603 g/mol. The molecule has 39 heavy (non-hydrogen) atoms. The molecule has 4 heterocycles. The first kappa shape index (κ1) is 27.7. The number of nitrogens with zero attached hydrogens (tertiary/aromatic N) is 5. The van der Waals surface area contributed by atoms with Gasteiger partial charge < -0.3 is 24.4 Å². The lowest BCUT2D eigenvalue weighted by molar-refractivity contribution is -0.157. The lowest BCUT2D eigenvalue weighted by atomic mass is 9.70. The second-order valence-corrected chi connectivity index (χ2v) is 11.9. The van der Waals surface area contributed by atoms with Crippen molar-refractivity contribution in [2.75, 3.05) is 19.8 Å². The molecule has 11 nitrogen and oxygen atoms in total. The molecule has 3 saturated heterocycles. The molecule has 12 heteroatoms. The molecule has 5 rings (SSSR count). The number of esters is 1. The number of carbonyl (C=O) groups is 3. The molecule has 3 unspecified atom stereocenters.